The highest BCUT2D eigenvalue weighted by Gasteiger charge is 2.41. The van der Waals surface area contributed by atoms with E-state index in [4.69, 9.17) is 8.83 Å². The summed E-state index contributed by atoms with van der Waals surface area (Å²) in [5.74, 6) is 0. The van der Waals surface area contributed by atoms with E-state index in [1.807, 2.05) is 0 Å². The summed E-state index contributed by atoms with van der Waals surface area (Å²) in [6, 6.07) is 79.6. The van der Waals surface area contributed by atoms with Crippen molar-refractivity contribution in [2.75, 3.05) is 4.90 Å². The fraction of sp³-hybridized carbons (Fsp3) is 0.0588. The number of hydrogen-bond acceptors (Lipinski definition) is 3. The number of fused-ring (bicyclic) bond motifs is 20. The summed E-state index contributed by atoms with van der Waals surface area (Å²) < 4.78 is 13.1. The Morgan fingerprint density at radius 3 is 1.23 bits per heavy atom. The van der Waals surface area contributed by atoms with E-state index in [0.717, 1.165) is 39.4 Å². The van der Waals surface area contributed by atoms with Crippen LogP contribution in [0.3, 0.4) is 0 Å². The highest BCUT2D eigenvalue weighted by atomic mass is 28.3. The van der Waals surface area contributed by atoms with Gasteiger partial charge in [0.25, 0.3) is 0 Å². The van der Waals surface area contributed by atoms with Crippen molar-refractivity contribution < 1.29 is 8.83 Å². The van der Waals surface area contributed by atoms with Gasteiger partial charge in [0.05, 0.1) is 17.1 Å². The number of hydrogen-bond donors (Lipinski definition) is 0. The van der Waals surface area contributed by atoms with Crippen molar-refractivity contribution in [3.05, 3.63) is 212 Å². The molecule has 2 aromatic heterocycles. The third-order valence-corrected chi connectivity index (χ3v) is 24.0. The minimum absolute atomic E-state index is 0.941. The summed E-state index contributed by atoms with van der Waals surface area (Å²) in [7, 11) is -4.33. The standard InChI is InChI=1S/C68H47NO2Si2/c1-72(2)61-32-30-59-65(48-25-13-16-28-57(48)70-59)67(61)52-38-50-41(36-63(52)72)34-55(46-23-10-8-21-44(46)50)69(54-27-15-12-20-43(54)40-18-6-5-7-19-40)56-35-42-37-64-53(39-51(42)45-22-9-11-24-47(45)56)68-62(73(64,3)4)33-31-60-66(68)49-26-14-17-29-58(49)71-60/h5-39H,1-4H3. The number of rotatable bonds is 4. The second kappa shape index (κ2) is 14.6. The third kappa shape index (κ3) is 5.53. The summed E-state index contributed by atoms with van der Waals surface area (Å²) in [6.45, 7) is 10.1. The van der Waals surface area contributed by atoms with Crippen molar-refractivity contribution in [2.24, 2.45) is 0 Å². The van der Waals surface area contributed by atoms with Crippen LogP contribution in [0.5, 0.6) is 0 Å². The highest BCUT2D eigenvalue weighted by molar-refractivity contribution is 7.05. The lowest BCUT2D eigenvalue weighted by Crippen LogP contribution is -2.49. The summed E-state index contributed by atoms with van der Waals surface area (Å²) >= 11 is 0. The van der Waals surface area contributed by atoms with E-state index < -0.39 is 16.1 Å². The van der Waals surface area contributed by atoms with Crippen molar-refractivity contribution >= 4 is 141 Å². The summed E-state index contributed by atoms with van der Waals surface area (Å²) in [5.41, 5.74) is 15.0. The van der Waals surface area contributed by atoms with Gasteiger partial charge in [-0.3, -0.25) is 0 Å². The zero-order chi connectivity index (χ0) is 48.5. The third-order valence-electron chi connectivity index (χ3n) is 17.0. The molecule has 0 saturated heterocycles. The molecular formula is C68H47NO2Si2. The molecule has 0 spiro atoms. The topological polar surface area (TPSA) is 29.5 Å². The van der Waals surface area contributed by atoms with Gasteiger partial charge in [-0.25, -0.2) is 0 Å². The van der Waals surface area contributed by atoms with E-state index in [-0.39, 0.29) is 0 Å². The van der Waals surface area contributed by atoms with Gasteiger partial charge in [0.2, 0.25) is 0 Å². The van der Waals surface area contributed by atoms with Crippen LogP contribution in [0.2, 0.25) is 26.2 Å². The Hall–Kier alpha value is -8.49. The van der Waals surface area contributed by atoms with Crippen molar-refractivity contribution in [1.82, 2.24) is 0 Å². The van der Waals surface area contributed by atoms with E-state index in [9.17, 15) is 0 Å². The molecular weight excluding hydrogens is 919 g/mol. The molecule has 344 valence electrons. The first-order valence-corrected chi connectivity index (χ1v) is 31.6. The van der Waals surface area contributed by atoms with Gasteiger partial charge in [-0.05, 0) is 135 Å². The Morgan fingerprint density at radius 1 is 0.301 bits per heavy atom. The maximum absolute atomic E-state index is 6.53. The van der Waals surface area contributed by atoms with Crippen molar-refractivity contribution in [1.29, 1.82) is 0 Å². The molecule has 2 aliphatic rings. The van der Waals surface area contributed by atoms with Crippen molar-refractivity contribution in [3.63, 3.8) is 0 Å². The Kier molecular flexibility index (Phi) is 8.22. The molecule has 0 bridgehead atoms. The number of nitrogens with zero attached hydrogens (tertiary/aromatic N) is 1. The van der Waals surface area contributed by atoms with Gasteiger partial charge in [-0.2, -0.15) is 0 Å². The zero-order valence-corrected chi connectivity index (χ0v) is 43.0. The second-order valence-corrected chi connectivity index (χ2v) is 30.2. The monoisotopic (exact) mass is 965 g/mol. The summed E-state index contributed by atoms with van der Waals surface area (Å²) in [4.78, 5) is 2.60. The fourth-order valence-electron chi connectivity index (χ4n) is 13.5. The minimum atomic E-state index is -2.16. The molecule has 16 rings (SSSR count). The van der Waals surface area contributed by atoms with Gasteiger partial charge in [-0.1, -0.05) is 184 Å². The van der Waals surface area contributed by atoms with Crippen LogP contribution in [0.4, 0.5) is 17.1 Å². The van der Waals surface area contributed by atoms with Gasteiger partial charge >= 0.3 is 0 Å². The molecule has 2 aliphatic heterocycles. The molecule has 0 saturated carbocycles. The lowest BCUT2D eigenvalue weighted by Gasteiger charge is -2.31. The van der Waals surface area contributed by atoms with Gasteiger partial charge < -0.3 is 13.7 Å². The van der Waals surface area contributed by atoms with Crippen LogP contribution in [-0.4, -0.2) is 16.1 Å². The molecule has 0 radical (unpaired) electrons. The molecule has 0 fully saturated rings. The molecule has 14 aromatic rings. The quantitative estimate of drug-likeness (QED) is 0.130. The summed E-state index contributed by atoms with van der Waals surface area (Å²) in [5, 5.41) is 20.7. The highest BCUT2D eigenvalue weighted by Crippen LogP contribution is 2.51. The molecule has 0 atom stereocenters. The fourth-order valence-corrected chi connectivity index (χ4v) is 19.7. The van der Waals surface area contributed by atoms with Gasteiger partial charge in [0.15, 0.2) is 0 Å². The van der Waals surface area contributed by atoms with Crippen LogP contribution >= 0.6 is 0 Å². The number of benzene rings is 12. The average Bonchev–Trinajstić information content (AvgIpc) is 4.16. The maximum Gasteiger partial charge on any atom is 0.136 e. The Balaban J connectivity index is 0.991. The Labute approximate surface area is 424 Å². The molecule has 12 aromatic carbocycles. The molecule has 0 unspecified atom stereocenters. The minimum Gasteiger partial charge on any atom is -0.456 e. The first kappa shape index (κ1) is 41.2. The van der Waals surface area contributed by atoms with E-state index in [1.165, 1.54) is 119 Å². The lowest BCUT2D eigenvalue weighted by molar-refractivity contribution is 0.668. The molecule has 3 nitrogen and oxygen atoms in total. The van der Waals surface area contributed by atoms with Crippen molar-refractivity contribution in [3.8, 4) is 33.4 Å². The average molecular weight is 966 g/mol. The SMILES string of the molecule is C[Si]1(C)c2cc3cc(N(c4ccccc4-c4ccccc4)c4cc5cc6c(cc5c5ccccc45)-c4c(ccc5oc7ccccc7c45)[Si]6(C)C)c4ccccc4c3cc2-c2c1ccc1oc3ccccc3c21. The van der Waals surface area contributed by atoms with Gasteiger partial charge in [0, 0.05) is 37.9 Å². The van der Waals surface area contributed by atoms with Crippen LogP contribution in [0.1, 0.15) is 0 Å². The first-order chi connectivity index (χ1) is 35.7. The Bertz CT molecular complexity index is 4490. The van der Waals surface area contributed by atoms with Crippen LogP contribution in [0, 0.1) is 0 Å². The summed E-state index contributed by atoms with van der Waals surface area (Å²) in [6.07, 6.45) is 0. The largest absolute Gasteiger partial charge is 0.456 e. The Morgan fingerprint density at radius 2 is 0.726 bits per heavy atom. The van der Waals surface area contributed by atoms with Gasteiger partial charge in [0.1, 0.15) is 38.5 Å². The van der Waals surface area contributed by atoms with E-state index in [1.54, 1.807) is 0 Å². The molecule has 0 aliphatic carbocycles. The molecule has 5 heteroatoms. The van der Waals surface area contributed by atoms with Crippen LogP contribution in [0.25, 0.3) is 120 Å². The molecule has 0 N–H and O–H groups in total. The number of para-hydroxylation sites is 3. The maximum atomic E-state index is 6.53. The predicted molar refractivity (Wildman–Crippen MR) is 316 cm³/mol. The van der Waals surface area contributed by atoms with Crippen molar-refractivity contribution in [2.45, 2.75) is 26.2 Å². The first-order valence-electron chi connectivity index (χ1n) is 25.6. The molecule has 0 amide bonds. The normalized spacial score (nSPS) is 14.2. The van der Waals surface area contributed by atoms with Crippen LogP contribution in [0.15, 0.2) is 221 Å². The van der Waals surface area contributed by atoms with E-state index >= 15 is 0 Å². The molecule has 73 heavy (non-hydrogen) atoms. The van der Waals surface area contributed by atoms with E-state index in [0.29, 0.717) is 0 Å². The number of anilines is 3. The van der Waals surface area contributed by atoms with Crippen LogP contribution in [-0.2, 0) is 0 Å². The molecule has 4 heterocycles. The lowest BCUT2D eigenvalue weighted by atomic mass is 9.92. The second-order valence-electron chi connectivity index (χ2n) is 21.5. The van der Waals surface area contributed by atoms with Crippen LogP contribution < -0.4 is 25.6 Å². The number of furan rings is 2. The predicted octanol–water partition coefficient (Wildman–Crippen LogP) is 16.8. The zero-order valence-electron chi connectivity index (χ0n) is 41.0. The smallest absolute Gasteiger partial charge is 0.136 e. The van der Waals surface area contributed by atoms with Gasteiger partial charge in [-0.15, -0.1) is 0 Å². The van der Waals surface area contributed by atoms with E-state index in [2.05, 4.69) is 243 Å².